The fraction of sp³-hybridized carbons (Fsp3) is 0.462. The van der Waals surface area contributed by atoms with Gasteiger partial charge in [0.25, 0.3) is 5.91 Å². The van der Waals surface area contributed by atoms with Gasteiger partial charge in [0, 0.05) is 42.5 Å². The third kappa shape index (κ3) is 4.62. The Labute approximate surface area is 218 Å². The number of rotatable bonds is 8. The van der Waals surface area contributed by atoms with Crippen LogP contribution in [0.1, 0.15) is 58.3 Å². The molecule has 1 saturated heterocycles. The first-order valence-electron chi connectivity index (χ1n) is 13.0. The molecule has 1 aromatic carbocycles. The highest BCUT2D eigenvalue weighted by Crippen LogP contribution is 2.49. The lowest BCUT2D eigenvalue weighted by molar-refractivity contribution is -0.150. The Morgan fingerprint density at radius 2 is 2.14 bits per heavy atom. The Morgan fingerprint density at radius 1 is 1.33 bits per heavy atom. The molecular formula is C26H32N4O5S. The summed E-state index contributed by atoms with van der Waals surface area (Å²) in [7, 11) is -1.16. The number of benzene rings is 1. The van der Waals surface area contributed by atoms with E-state index in [0.29, 0.717) is 10.8 Å². The third-order valence-electron chi connectivity index (χ3n) is 6.64. The van der Waals surface area contributed by atoms with Crippen LogP contribution in [0.4, 0.5) is 0 Å². The molecule has 0 radical (unpaired) electrons. The number of hydrogen-bond donors (Lipinski definition) is 1. The van der Waals surface area contributed by atoms with E-state index in [1.54, 1.807) is 36.0 Å². The second-order valence-electron chi connectivity index (χ2n) is 9.97. The van der Waals surface area contributed by atoms with Crippen molar-refractivity contribution in [3.8, 4) is 5.75 Å². The summed E-state index contributed by atoms with van der Waals surface area (Å²) < 4.78 is 34.9. The fourth-order valence-corrected chi connectivity index (χ4v) is 5.85. The molecule has 0 saturated carbocycles. The van der Waals surface area contributed by atoms with Crippen molar-refractivity contribution in [2.24, 2.45) is 5.92 Å². The number of carbonyl (C=O) groups excluding carboxylic acids is 1. The van der Waals surface area contributed by atoms with Crippen LogP contribution in [-0.2, 0) is 21.5 Å². The molecule has 1 aliphatic heterocycles. The number of methoxy groups -OCH3 is 2. The SMILES string of the molecule is [2H]C([2H])([2H])OC[C@H]1C[C@@](Cn2cccn2)(C(=O)O)N(C(=O)c2ccc(C(C)(C)C)c(OC)c2)[C@H]1c1nccs1. The Kier molecular flexibility index (Phi) is 6.12. The zero-order chi connectivity index (χ0) is 28.6. The van der Waals surface area contributed by atoms with Crippen LogP contribution in [0, 0.1) is 5.92 Å². The molecular weight excluding hydrogens is 480 g/mol. The lowest BCUT2D eigenvalue weighted by Gasteiger charge is -2.37. The molecule has 1 fully saturated rings. The molecule has 0 bridgehead atoms. The van der Waals surface area contributed by atoms with Gasteiger partial charge in [-0.15, -0.1) is 11.3 Å². The number of ether oxygens (including phenoxy) is 2. The summed E-state index contributed by atoms with van der Waals surface area (Å²) in [6.07, 6.45) is 4.66. The van der Waals surface area contributed by atoms with Crippen LogP contribution in [-0.4, -0.2) is 62.9 Å². The lowest BCUT2D eigenvalue weighted by Crippen LogP contribution is -2.56. The second kappa shape index (κ2) is 10.0. The predicted octanol–water partition coefficient (Wildman–Crippen LogP) is 4.02. The molecule has 192 valence electrons. The smallest absolute Gasteiger partial charge is 0.331 e. The Balaban J connectivity index is 1.88. The van der Waals surface area contributed by atoms with E-state index in [1.807, 2.05) is 26.8 Å². The largest absolute Gasteiger partial charge is 0.496 e. The van der Waals surface area contributed by atoms with E-state index in [-0.39, 0.29) is 30.6 Å². The summed E-state index contributed by atoms with van der Waals surface area (Å²) in [5, 5.41) is 17.1. The summed E-state index contributed by atoms with van der Waals surface area (Å²) >= 11 is 1.27. The van der Waals surface area contributed by atoms with Gasteiger partial charge in [0.15, 0.2) is 5.54 Å². The highest BCUT2D eigenvalue weighted by molar-refractivity contribution is 7.09. The van der Waals surface area contributed by atoms with Gasteiger partial charge in [0.1, 0.15) is 10.8 Å². The summed E-state index contributed by atoms with van der Waals surface area (Å²) in [6, 6.07) is 5.91. The molecule has 36 heavy (non-hydrogen) atoms. The van der Waals surface area contributed by atoms with Gasteiger partial charge < -0.3 is 19.5 Å². The monoisotopic (exact) mass is 515 g/mol. The number of nitrogens with zero attached hydrogens (tertiary/aromatic N) is 4. The van der Waals surface area contributed by atoms with Gasteiger partial charge in [0.2, 0.25) is 0 Å². The second-order valence-corrected chi connectivity index (χ2v) is 10.9. The van der Waals surface area contributed by atoms with Crippen molar-refractivity contribution in [2.45, 2.75) is 50.7 Å². The maximum absolute atomic E-state index is 14.4. The zero-order valence-electron chi connectivity index (χ0n) is 23.7. The van der Waals surface area contributed by atoms with Crippen LogP contribution >= 0.6 is 11.3 Å². The number of aromatic nitrogens is 3. The molecule has 1 aliphatic rings. The standard InChI is InChI=1S/C26H32N4O5S/c1-25(2,3)19-8-7-17(13-20(19)35-5)23(31)30-21(22-27-10-12-36-22)18(15-34-4)14-26(30,24(32)33)16-29-11-6-9-28-29/h6-13,18,21H,14-16H2,1-5H3,(H,32,33)/t18-,21-,26-/m1/s1/i4D3. The van der Waals surface area contributed by atoms with E-state index in [0.717, 1.165) is 5.56 Å². The normalized spacial score (nSPS) is 23.7. The van der Waals surface area contributed by atoms with Crippen LogP contribution in [0.15, 0.2) is 48.2 Å². The van der Waals surface area contributed by atoms with Gasteiger partial charge in [-0.1, -0.05) is 26.8 Å². The van der Waals surface area contributed by atoms with Crippen LogP contribution in [0.3, 0.4) is 0 Å². The quantitative estimate of drug-likeness (QED) is 0.483. The maximum Gasteiger partial charge on any atom is 0.331 e. The number of likely N-dealkylation sites (tertiary alicyclic amines) is 1. The van der Waals surface area contributed by atoms with E-state index in [9.17, 15) is 14.7 Å². The van der Waals surface area contributed by atoms with E-state index in [1.165, 1.54) is 34.2 Å². The van der Waals surface area contributed by atoms with Crippen molar-refractivity contribution >= 4 is 23.2 Å². The molecule has 4 rings (SSSR count). The molecule has 0 spiro atoms. The van der Waals surface area contributed by atoms with Crippen LogP contribution in [0.25, 0.3) is 0 Å². The number of amides is 1. The maximum atomic E-state index is 14.4. The molecule has 2 aromatic heterocycles. The molecule has 1 amide bonds. The van der Waals surface area contributed by atoms with Crippen molar-refractivity contribution in [1.29, 1.82) is 0 Å². The first kappa shape index (κ1) is 22.0. The highest BCUT2D eigenvalue weighted by atomic mass is 32.1. The Morgan fingerprint density at radius 3 is 2.72 bits per heavy atom. The predicted molar refractivity (Wildman–Crippen MR) is 135 cm³/mol. The minimum absolute atomic E-state index is 0.0640. The average molecular weight is 516 g/mol. The minimum atomic E-state index is -2.69. The number of carbonyl (C=O) groups is 2. The fourth-order valence-electron chi connectivity index (χ4n) is 5.03. The van der Waals surface area contributed by atoms with Gasteiger partial charge in [-0.3, -0.25) is 9.48 Å². The van der Waals surface area contributed by atoms with Gasteiger partial charge >= 0.3 is 5.97 Å². The Hall–Kier alpha value is -3.24. The molecule has 3 heterocycles. The Bertz CT molecular complexity index is 1310. The first-order valence-corrected chi connectivity index (χ1v) is 12.4. The van der Waals surface area contributed by atoms with E-state index >= 15 is 0 Å². The number of carboxylic acid groups (broad SMARTS) is 1. The van der Waals surface area contributed by atoms with Gasteiger partial charge in [0.05, 0.1) is 30.4 Å². The van der Waals surface area contributed by atoms with Crippen molar-refractivity contribution in [1.82, 2.24) is 19.7 Å². The van der Waals surface area contributed by atoms with Gasteiger partial charge in [-0.25, -0.2) is 9.78 Å². The minimum Gasteiger partial charge on any atom is -0.496 e. The highest BCUT2D eigenvalue weighted by Gasteiger charge is 2.60. The third-order valence-corrected chi connectivity index (χ3v) is 7.49. The topological polar surface area (TPSA) is 107 Å². The van der Waals surface area contributed by atoms with E-state index in [4.69, 9.17) is 13.6 Å². The molecule has 3 atom stereocenters. The number of thiazole rings is 1. The summed E-state index contributed by atoms with van der Waals surface area (Å²) in [5.74, 6) is -1.93. The summed E-state index contributed by atoms with van der Waals surface area (Å²) in [4.78, 5) is 33.3. The van der Waals surface area contributed by atoms with Gasteiger partial charge in [-0.2, -0.15) is 5.10 Å². The first-order chi connectivity index (χ1) is 18.3. The van der Waals surface area contributed by atoms with Crippen molar-refractivity contribution in [3.05, 3.63) is 64.4 Å². The molecule has 9 nitrogen and oxygen atoms in total. The van der Waals surface area contributed by atoms with Crippen molar-refractivity contribution in [3.63, 3.8) is 0 Å². The van der Waals surface area contributed by atoms with Gasteiger partial charge in [-0.05, 0) is 35.6 Å². The van der Waals surface area contributed by atoms with E-state index in [2.05, 4.69) is 10.1 Å². The van der Waals surface area contributed by atoms with Crippen LogP contribution in [0.5, 0.6) is 5.75 Å². The zero-order valence-corrected chi connectivity index (χ0v) is 21.5. The van der Waals surface area contributed by atoms with E-state index < -0.39 is 36.4 Å². The molecule has 0 unspecified atom stereocenters. The molecule has 0 aliphatic carbocycles. The lowest BCUT2D eigenvalue weighted by atomic mass is 9.85. The number of aliphatic carboxylic acids is 1. The van der Waals surface area contributed by atoms with Crippen LogP contribution in [0.2, 0.25) is 0 Å². The van der Waals surface area contributed by atoms with Crippen molar-refractivity contribution < 1.29 is 28.3 Å². The summed E-state index contributed by atoms with van der Waals surface area (Å²) in [6.45, 7) is 5.65. The van der Waals surface area contributed by atoms with Crippen LogP contribution < -0.4 is 4.74 Å². The molecule has 1 N–H and O–H groups in total. The average Bonchev–Trinajstić information content (AvgIpc) is 3.62. The summed E-state index contributed by atoms with van der Waals surface area (Å²) in [5.41, 5.74) is -0.889. The van der Waals surface area contributed by atoms with Crippen molar-refractivity contribution in [2.75, 3.05) is 20.8 Å². The molecule has 3 aromatic rings. The number of carboxylic acids is 1. The number of hydrogen-bond acceptors (Lipinski definition) is 7. The molecule has 10 heteroatoms.